The average molecular weight is 209 g/mol. The van der Waals surface area contributed by atoms with Crippen molar-refractivity contribution in [2.75, 3.05) is 5.73 Å². The summed E-state index contributed by atoms with van der Waals surface area (Å²) in [5.41, 5.74) is 2.63. The number of nitrogen functional groups attached to an aromatic ring is 1. The predicted octanol–water partition coefficient (Wildman–Crippen LogP) is 0.333. The van der Waals surface area contributed by atoms with E-state index in [4.69, 9.17) is 10.8 Å². The molecule has 0 bridgehead atoms. The Morgan fingerprint density at radius 3 is 2.43 bits per heavy atom. The summed E-state index contributed by atoms with van der Waals surface area (Å²) in [6.07, 6.45) is -6.29. The van der Waals surface area contributed by atoms with Crippen LogP contribution in [-0.4, -0.2) is 21.5 Å². The summed E-state index contributed by atoms with van der Waals surface area (Å²) in [4.78, 5) is 15.7. The van der Waals surface area contributed by atoms with Gasteiger partial charge in [0.1, 0.15) is 5.56 Å². The van der Waals surface area contributed by atoms with Gasteiger partial charge in [0.25, 0.3) is 12.0 Å². The summed E-state index contributed by atoms with van der Waals surface area (Å²) in [6, 6.07) is 0. The van der Waals surface area contributed by atoms with Crippen LogP contribution in [0, 0.1) is 0 Å². The molecule has 78 valence electrons. The van der Waals surface area contributed by atoms with Gasteiger partial charge in [-0.05, 0) is 0 Å². The number of H-pyrrole nitrogens is 1. The van der Waals surface area contributed by atoms with Crippen LogP contribution in [0.15, 0.2) is 4.79 Å². The molecule has 0 saturated heterocycles. The zero-order valence-electron chi connectivity index (χ0n) is 6.67. The van der Waals surface area contributed by atoms with Crippen LogP contribution in [0.25, 0.3) is 0 Å². The number of hydrogen-bond acceptors (Lipinski definition) is 4. The van der Waals surface area contributed by atoms with E-state index in [1.54, 1.807) is 4.98 Å². The smallest absolute Gasteiger partial charge is 0.273 e. The van der Waals surface area contributed by atoms with Gasteiger partial charge in [0.05, 0.1) is 0 Å². The predicted molar refractivity (Wildman–Crippen MR) is 40.8 cm³/mol. The van der Waals surface area contributed by atoms with Crippen LogP contribution in [0.4, 0.5) is 19.1 Å². The number of nitrogens with zero attached hydrogens (tertiary/aromatic N) is 1. The first kappa shape index (κ1) is 10.4. The first-order valence-electron chi connectivity index (χ1n) is 3.44. The Morgan fingerprint density at radius 1 is 1.43 bits per heavy atom. The van der Waals surface area contributed by atoms with Crippen molar-refractivity contribution >= 4 is 5.95 Å². The van der Waals surface area contributed by atoms with Gasteiger partial charge in [-0.3, -0.25) is 9.78 Å². The number of nitrogens with one attached hydrogen (secondary N) is 1. The molecular formula is C6H6F3N3O2. The second-order valence-electron chi connectivity index (χ2n) is 2.42. The molecule has 1 rings (SSSR count). The molecule has 1 heterocycles. The van der Waals surface area contributed by atoms with Crippen LogP contribution in [0.5, 0.6) is 5.88 Å². The van der Waals surface area contributed by atoms with Gasteiger partial charge in [-0.2, -0.15) is 4.98 Å². The molecule has 0 radical (unpaired) electrons. The minimum absolute atomic E-state index is 0.474. The second kappa shape index (κ2) is 3.56. The number of aromatic hydroxyl groups is 1. The highest BCUT2D eigenvalue weighted by Gasteiger charge is 2.28. The van der Waals surface area contributed by atoms with E-state index in [0.29, 0.717) is 0 Å². The van der Waals surface area contributed by atoms with Crippen LogP contribution >= 0.6 is 0 Å². The van der Waals surface area contributed by atoms with Crippen LogP contribution in [-0.2, 0) is 0 Å². The quantitative estimate of drug-likeness (QED) is 0.654. The number of aromatic amines is 1. The SMILES string of the molecule is Nc1nc(O)c(C(F)C(F)F)c(=O)[nH]1. The molecule has 1 atom stereocenters. The van der Waals surface area contributed by atoms with E-state index < -0.39 is 35.5 Å². The van der Waals surface area contributed by atoms with Gasteiger partial charge in [-0.1, -0.05) is 0 Å². The number of nitrogens with two attached hydrogens (primary N) is 1. The zero-order valence-corrected chi connectivity index (χ0v) is 6.67. The molecule has 1 aromatic heterocycles. The summed E-state index contributed by atoms with van der Waals surface area (Å²) in [6.45, 7) is 0. The molecule has 0 fully saturated rings. The molecule has 14 heavy (non-hydrogen) atoms. The lowest BCUT2D eigenvalue weighted by Crippen LogP contribution is -2.20. The van der Waals surface area contributed by atoms with E-state index in [1.807, 2.05) is 0 Å². The summed E-state index contributed by atoms with van der Waals surface area (Å²) in [5.74, 6) is -1.60. The molecule has 0 aliphatic rings. The van der Waals surface area contributed by atoms with Crippen molar-refractivity contribution in [3.63, 3.8) is 0 Å². The lowest BCUT2D eigenvalue weighted by atomic mass is 10.2. The maximum absolute atomic E-state index is 12.7. The molecule has 0 saturated carbocycles. The largest absolute Gasteiger partial charge is 0.493 e. The standard InChI is InChI=1S/C6H6F3N3O2/c7-2(3(8)9)1-4(13)11-6(10)12-5(1)14/h2-3H,(H4,10,11,12,13,14). The monoisotopic (exact) mass is 209 g/mol. The normalized spacial score (nSPS) is 13.1. The molecular weight excluding hydrogens is 203 g/mol. The van der Waals surface area contributed by atoms with E-state index >= 15 is 0 Å². The number of aromatic nitrogens is 2. The van der Waals surface area contributed by atoms with E-state index in [1.165, 1.54) is 0 Å². The Hall–Kier alpha value is -1.73. The molecule has 0 amide bonds. The van der Waals surface area contributed by atoms with Crippen molar-refractivity contribution in [1.82, 2.24) is 9.97 Å². The van der Waals surface area contributed by atoms with E-state index in [2.05, 4.69) is 4.98 Å². The molecule has 0 spiro atoms. The van der Waals surface area contributed by atoms with Gasteiger partial charge >= 0.3 is 0 Å². The van der Waals surface area contributed by atoms with Crippen molar-refractivity contribution in [3.8, 4) is 5.88 Å². The van der Waals surface area contributed by atoms with Gasteiger partial charge < -0.3 is 10.8 Å². The highest BCUT2D eigenvalue weighted by atomic mass is 19.3. The van der Waals surface area contributed by atoms with Crippen molar-refractivity contribution in [2.24, 2.45) is 0 Å². The summed E-state index contributed by atoms with van der Waals surface area (Å²) < 4.78 is 36.5. The number of rotatable bonds is 2. The molecule has 4 N–H and O–H groups in total. The van der Waals surface area contributed by atoms with Crippen molar-refractivity contribution in [2.45, 2.75) is 12.6 Å². The molecule has 0 aliphatic carbocycles. The third kappa shape index (κ3) is 1.78. The van der Waals surface area contributed by atoms with Crippen LogP contribution in [0.1, 0.15) is 11.7 Å². The minimum atomic E-state index is -3.41. The fourth-order valence-electron chi connectivity index (χ4n) is 0.862. The Kier molecular flexibility index (Phi) is 2.63. The first-order chi connectivity index (χ1) is 6.43. The second-order valence-corrected chi connectivity index (χ2v) is 2.42. The van der Waals surface area contributed by atoms with Gasteiger partial charge in [0.15, 0.2) is 6.17 Å². The highest BCUT2D eigenvalue weighted by molar-refractivity contribution is 5.30. The Morgan fingerprint density at radius 2 is 2.00 bits per heavy atom. The lowest BCUT2D eigenvalue weighted by molar-refractivity contribution is 0.0471. The minimum Gasteiger partial charge on any atom is -0.493 e. The number of hydrogen-bond donors (Lipinski definition) is 3. The Bertz CT molecular complexity index is 392. The summed E-state index contributed by atoms with van der Waals surface area (Å²) in [5, 5.41) is 8.91. The van der Waals surface area contributed by atoms with Gasteiger partial charge in [0, 0.05) is 0 Å². The fourth-order valence-corrected chi connectivity index (χ4v) is 0.862. The Balaban J connectivity index is 3.28. The molecule has 5 nitrogen and oxygen atoms in total. The third-order valence-corrected chi connectivity index (χ3v) is 1.45. The number of halogens is 3. The number of anilines is 1. The first-order valence-corrected chi connectivity index (χ1v) is 3.44. The molecule has 0 aliphatic heterocycles. The summed E-state index contributed by atoms with van der Waals surface area (Å²) >= 11 is 0. The summed E-state index contributed by atoms with van der Waals surface area (Å²) in [7, 11) is 0. The van der Waals surface area contributed by atoms with Gasteiger partial charge in [-0.15, -0.1) is 0 Å². The van der Waals surface area contributed by atoms with E-state index in [0.717, 1.165) is 0 Å². The van der Waals surface area contributed by atoms with Crippen molar-refractivity contribution in [3.05, 3.63) is 15.9 Å². The molecule has 0 aromatic carbocycles. The van der Waals surface area contributed by atoms with E-state index in [-0.39, 0.29) is 0 Å². The molecule has 1 aromatic rings. The Labute approximate surface area is 75.4 Å². The van der Waals surface area contributed by atoms with Crippen LogP contribution < -0.4 is 11.3 Å². The average Bonchev–Trinajstić information content (AvgIpc) is 2.01. The maximum atomic E-state index is 12.7. The van der Waals surface area contributed by atoms with Crippen molar-refractivity contribution in [1.29, 1.82) is 0 Å². The topological polar surface area (TPSA) is 92.0 Å². The zero-order chi connectivity index (χ0) is 10.9. The molecule has 1 unspecified atom stereocenters. The van der Waals surface area contributed by atoms with Gasteiger partial charge in [-0.25, -0.2) is 13.2 Å². The van der Waals surface area contributed by atoms with E-state index in [9.17, 15) is 18.0 Å². The van der Waals surface area contributed by atoms with Crippen LogP contribution in [0.2, 0.25) is 0 Å². The third-order valence-electron chi connectivity index (χ3n) is 1.45. The van der Waals surface area contributed by atoms with Crippen LogP contribution in [0.3, 0.4) is 0 Å². The number of alkyl halides is 3. The van der Waals surface area contributed by atoms with Gasteiger partial charge in [0.2, 0.25) is 11.8 Å². The lowest BCUT2D eigenvalue weighted by Gasteiger charge is -2.07. The highest BCUT2D eigenvalue weighted by Crippen LogP contribution is 2.27. The van der Waals surface area contributed by atoms with Crippen molar-refractivity contribution < 1.29 is 18.3 Å². The maximum Gasteiger partial charge on any atom is 0.273 e. The molecule has 8 heteroatoms. The fraction of sp³-hybridized carbons (Fsp3) is 0.333.